The number of carbonyl (C=O) groups is 1. The van der Waals surface area contributed by atoms with E-state index < -0.39 is 0 Å². The van der Waals surface area contributed by atoms with E-state index >= 15 is 0 Å². The molecule has 6 nitrogen and oxygen atoms in total. The van der Waals surface area contributed by atoms with Gasteiger partial charge in [-0.1, -0.05) is 0 Å². The second-order valence-electron chi connectivity index (χ2n) is 7.29. The molecule has 3 N–H and O–H groups in total. The average Bonchev–Trinajstić information content (AvgIpc) is 3.29. The van der Waals surface area contributed by atoms with Crippen molar-refractivity contribution in [2.45, 2.75) is 44.2 Å². The summed E-state index contributed by atoms with van der Waals surface area (Å²) in [7, 11) is 0. The number of nitrogen functional groups attached to an aromatic ring is 1. The number of nitrogens with two attached hydrogens (primary N) is 1. The fourth-order valence-electron chi connectivity index (χ4n) is 4.10. The molecule has 0 saturated carbocycles. The number of nitrogens with one attached hydrogen (secondary N) is 1. The minimum absolute atomic E-state index is 0.0456. The Hall–Kier alpha value is -1.79. The van der Waals surface area contributed by atoms with Gasteiger partial charge in [-0.3, -0.25) is 4.79 Å². The van der Waals surface area contributed by atoms with Crippen LogP contribution in [0.3, 0.4) is 0 Å². The van der Waals surface area contributed by atoms with Crippen molar-refractivity contribution in [2.75, 3.05) is 38.6 Å². The van der Waals surface area contributed by atoms with Gasteiger partial charge in [-0.05, 0) is 37.8 Å². The van der Waals surface area contributed by atoms with Crippen molar-refractivity contribution in [1.82, 2.24) is 10.2 Å². The number of likely N-dealkylation sites (tertiary alicyclic amines) is 1. The Morgan fingerprint density at radius 1 is 1.24 bits per heavy atom. The third kappa shape index (κ3) is 3.60. The Morgan fingerprint density at radius 2 is 2.08 bits per heavy atom. The average molecular weight is 345 g/mol. The van der Waals surface area contributed by atoms with Gasteiger partial charge in [0.2, 0.25) is 0 Å². The predicted octanol–water partition coefficient (Wildman–Crippen LogP) is 1.58. The molecule has 0 bridgehead atoms. The van der Waals surface area contributed by atoms with E-state index in [1.165, 1.54) is 12.8 Å². The first-order chi connectivity index (χ1) is 12.2. The topological polar surface area (TPSA) is 76.8 Å². The Balaban J connectivity index is 1.31. The molecule has 0 radical (unpaired) electrons. The Kier molecular flexibility index (Phi) is 4.81. The summed E-state index contributed by atoms with van der Waals surface area (Å²) in [6.07, 6.45) is 5.52. The van der Waals surface area contributed by atoms with Crippen LogP contribution in [0.2, 0.25) is 0 Å². The molecule has 3 heterocycles. The van der Waals surface area contributed by atoms with Gasteiger partial charge in [-0.15, -0.1) is 0 Å². The lowest BCUT2D eigenvalue weighted by Gasteiger charge is -2.33. The molecule has 2 saturated heterocycles. The fraction of sp³-hybridized carbons (Fsp3) is 0.632. The number of rotatable bonds is 4. The number of piperidine rings is 1. The van der Waals surface area contributed by atoms with Crippen LogP contribution >= 0.6 is 0 Å². The van der Waals surface area contributed by atoms with Gasteiger partial charge >= 0.3 is 0 Å². The molecule has 0 spiro atoms. The van der Waals surface area contributed by atoms with Crippen molar-refractivity contribution in [2.24, 2.45) is 0 Å². The Bertz CT molecular complexity index is 635. The fourth-order valence-corrected chi connectivity index (χ4v) is 4.10. The van der Waals surface area contributed by atoms with Crippen molar-refractivity contribution in [3.8, 4) is 5.75 Å². The van der Waals surface area contributed by atoms with Gasteiger partial charge in [-0.2, -0.15) is 0 Å². The molecule has 2 fully saturated rings. The van der Waals surface area contributed by atoms with Crippen molar-refractivity contribution < 1.29 is 14.3 Å². The van der Waals surface area contributed by atoms with Crippen LogP contribution in [0.5, 0.6) is 5.75 Å². The molecule has 1 aromatic carbocycles. The Morgan fingerprint density at radius 3 is 2.84 bits per heavy atom. The van der Waals surface area contributed by atoms with E-state index in [0.717, 1.165) is 51.1 Å². The quantitative estimate of drug-likeness (QED) is 0.810. The number of hydrogen-bond donors (Lipinski definition) is 2. The molecule has 4 rings (SSSR count). The number of anilines is 1. The maximum absolute atomic E-state index is 12.7. The zero-order valence-corrected chi connectivity index (χ0v) is 14.6. The van der Waals surface area contributed by atoms with Gasteiger partial charge in [0.15, 0.2) is 0 Å². The summed E-state index contributed by atoms with van der Waals surface area (Å²) in [5.74, 6) is 0.629. The van der Waals surface area contributed by atoms with Crippen LogP contribution in [-0.2, 0) is 11.2 Å². The van der Waals surface area contributed by atoms with E-state index in [-0.39, 0.29) is 11.9 Å². The summed E-state index contributed by atoms with van der Waals surface area (Å²) >= 11 is 0. The van der Waals surface area contributed by atoms with Gasteiger partial charge in [0.25, 0.3) is 5.91 Å². The van der Waals surface area contributed by atoms with Crippen LogP contribution < -0.4 is 15.8 Å². The molecular formula is C19H27N3O3. The third-order valence-electron chi connectivity index (χ3n) is 5.55. The SMILES string of the molecule is Nc1ccc(C(=O)NC2CCN(CC3CCCO3)CC2)c2c1CCO2. The zero-order chi connectivity index (χ0) is 17.2. The first-order valence-corrected chi connectivity index (χ1v) is 9.39. The Labute approximate surface area is 148 Å². The molecule has 1 aromatic rings. The summed E-state index contributed by atoms with van der Waals surface area (Å²) in [5.41, 5.74) is 8.28. The van der Waals surface area contributed by atoms with Crippen LogP contribution in [0, 0.1) is 0 Å². The molecule has 3 aliphatic heterocycles. The van der Waals surface area contributed by atoms with Crippen LogP contribution in [0.15, 0.2) is 12.1 Å². The largest absolute Gasteiger partial charge is 0.492 e. The number of ether oxygens (including phenoxy) is 2. The van der Waals surface area contributed by atoms with Crippen LogP contribution in [0.4, 0.5) is 5.69 Å². The van der Waals surface area contributed by atoms with Gasteiger partial charge < -0.3 is 25.4 Å². The normalized spacial score (nSPS) is 24.1. The minimum atomic E-state index is -0.0456. The molecular weight excluding hydrogens is 318 g/mol. The van der Waals surface area contributed by atoms with Gasteiger partial charge in [0.05, 0.1) is 18.3 Å². The van der Waals surface area contributed by atoms with Crippen LogP contribution in [-0.4, -0.2) is 55.8 Å². The maximum atomic E-state index is 12.7. The zero-order valence-electron chi connectivity index (χ0n) is 14.6. The lowest BCUT2D eigenvalue weighted by atomic mass is 10.0. The van der Waals surface area contributed by atoms with E-state index in [1.54, 1.807) is 6.07 Å². The highest BCUT2D eigenvalue weighted by atomic mass is 16.5. The number of benzene rings is 1. The van der Waals surface area contributed by atoms with Gasteiger partial charge in [-0.25, -0.2) is 0 Å². The minimum Gasteiger partial charge on any atom is -0.492 e. The molecule has 1 atom stereocenters. The number of carbonyl (C=O) groups excluding carboxylic acids is 1. The molecule has 6 heteroatoms. The second kappa shape index (κ2) is 7.22. The van der Waals surface area contributed by atoms with E-state index in [1.807, 2.05) is 6.07 Å². The highest BCUT2D eigenvalue weighted by Gasteiger charge is 2.27. The number of amides is 1. The number of nitrogens with zero attached hydrogens (tertiary/aromatic N) is 1. The molecule has 25 heavy (non-hydrogen) atoms. The molecule has 1 unspecified atom stereocenters. The standard InChI is InChI=1S/C19H27N3O3/c20-17-4-3-16(18-15(17)7-11-25-18)19(23)21-13-5-8-22(9-6-13)12-14-2-1-10-24-14/h3-4,13-14H,1-2,5-12,20H2,(H,21,23). The summed E-state index contributed by atoms with van der Waals surface area (Å²) < 4.78 is 11.4. The molecule has 0 aliphatic carbocycles. The van der Waals surface area contributed by atoms with Crippen molar-refractivity contribution in [3.63, 3.8) is 0 Å². The van der Waals surface area contributed by atoms with Crippen molar-refractivity contribution >= 4 is 11.6 Å². The second-order valence-corrected chi connectivity index (χ2v) is 7.29. The molecule has 0 aromatic heterocycles. The van der Waals surface area contributed by atoms with E-state index in [9.17, 15) is 4.79 Å². The van der Waals surface area contributed by atoms with Crippen molar-refractivity contribution in [3.05, 3.63) is 23.3 Å². The summed E-state index contributed by atoms with van der Waals surface area (Å²) in [4.78, 5) is 15.1. The highest BCUT2D eigenvalue weighted by Crippen LogP contribution is 2.34. The lowest BCUT2D eigenvalue weighted by Crippen LogP contribution is -2.46. The van der Waals surface area contributed by atoms with E-state index in [2.05, 4.69) is 10.2 Å². The first-order valence-electron chi connectivity index (χ1n) is 9.39. The summed E-state index contributed by atoms with van der Waals surface area (Å²) in [6, 6.07) is 3.82. The first kappa shape index (κ1) is 16.7. The van der Waals surface area contributed by atoms with Crippen molar-refractivity contribution in [1.29, 1.82) is 0 Å². The lowest BCUT2D eigenvalue weighted by molar-refractivity contribution is 0.0612. The highest BCUT2D eigenvalue weighted by molar-refractivity contribution is 5.98. The predicted molar refractivity (Wildman–Crippen MR) is 96.0 cm³/mol. The van der Waals surface area contributed by atoms with Crippen LogP contribution in [0.25, 0.3) is 0 Å². The summed E-state index contributed by atoms with van der Waals surface area (Å²) in [5, 5.41) is 3.18. The maximum Gasteiger partial charge on any atom is 0.255 e. The van der Waals surface area contributed by atoms with Gasteiger partial charge in [0.1, 0.15) is 5.75 Å². The smallest absolute Gasteiger partial charge is 0.255 e. The number of hydrogen-bond acceptors (Lipinski definition) is 5. The van der Waals surface area contributed by atoms with E-state index in [4.69, 9.17) is 15.2 Å². The molecule has 3 aliphatic rings. The monoisotopic (exact) mass is 345 g/mol. The molecule has 1 amide bonds. The molecule has 136 valence electrons. The third-order valence-corrected chi connectivity index (χ3v) is 5.55. The van der Waals surface area contributed by atoms with Crippen LogP contribution in [0.1, 0.15) is 41.6 Å². The van der Waals surface area contributed by atoms with Gasteiger partial charge in [0, 0.05) is 50.0 Å². The summed E-state index contributed by atoms with van der Waals surface area (Å²) in [6.45, 7) is 4.57. The van der Waals surface area contributed by atoms with E-state index in [0.29, 0.717) is 29.7 Å². The number of fused-ring (bicyclic) bond motifs is 1.